The van der Waals surface area contributed by atoms with Gasteiger partial charge in [-0.2, -0.15) is 0 Å². The first kappa shape index (κ1) is 14.2. The minimum atomic E-state index is -0.242. The van der Waals surface area contributed by atoms with Crippen LogP contribution in [0.2, 0.25) is 0 Å². The zero-order chi connectivity index (χ0) is 15.8. The Labute approximate surface area is 135 Å². The fraction of sp³-hybridized carbons (Fsp3) is 0.316. The molecule has 0 aromatic heterocycles. The highest BCUT2D eigenvalue weighted by molar-refractivity contribution is 5.87. The van der Waals surface area contributed by atoms with E-state index < -0.39 is 0 Å². The molecule has 0 spiro atoms. The lowest BCUT2D eigenvalue weighted by atomic mass is 10.1. The van der Waals surface area contributed by atoms with Gasteiger partial charge in [-0.05, 0) is 42.2 Å². The molecule has 3 nitrogen and oxygen atoms in total. The van der Waals surface area contributed by atoms with Crippen molar-refractivity contribution in [1.82, 2.24) is 4.90 Å². The lowest BCUT2D eigenvalue weighted by Crippen LogP contribution is -2.42. The van der Waals surface area contributed by atoms with E-state index in [1.165, 1.54) is 6.07 Å². The maximum Gasteiger partial charge on any atom is 0.245 e. The minimum absolute atomic E-state index is 0.106. The fourth-order valence-corrected chi connectivity index (χ4v) is 3.70. The molecular weight excluding hydrogens is 291 g/mol. The molecule has 2 aromatic carbocycles. The van der Waals surface area contributed by atoms with Gasteiger partial charge in [0.1, 0.15) is 11.9 Å². The Hall–Kier alpha value is -2.36. The van der Waals surface area contributed by atoms with Crippen LogP contribution >= 0.6 is 0 Å². The number of anilines is 1. The summed E-state index contributed by atoms with van der Waals surface area (Å²) in [7, 11) is 0. The van der Waals surface area contributed by atoms with Crippen molar-refractivity contribution in [3.05, 3.63) is 65.5 Å². The second-order valence-electron chi connectivity index (χ2n) is 6.30. The molecule has 2 heterocycles. The highest BCUT2D eigenvalue weighted by Gasteiger charge is 2.37. The largest absolute Gasteiger partial charge is 0.359 e. The molecule has 0 radical (unpaired) electrons. The van der Waals surface area contributed by atoms with Gasteiger partial charge in [-0.1, -0.05) is 30.3 Å². The van der Waals surface area contributed by atoms with Gasteiger partial charge in [0, 0.05) is 25.3 Å². The average Bonchev–Trinajstić information content (AvgIpc) is 3.00. The standard InChI is InChI=1S/C19H19FN2O/c20-16-8-9-17-15(11-16)13-21(12-14-5-2-1-3-6-14)19(23)18-7-4-10-22(17)18/h1-3,5-6,8-9,11,18H,4,7,10,12-13H2/t18-/m0/s1. The van der Waals surface area contributed by atoms with E-state index in [0.29, 0.717) is 13.1 Å². The van der Waals surface area contributed by atoms with Gasteiger partial charge >= 0.3 is 0 Å². The third-order valence-corrected chi connectivity index (χ3v) is 4.78. The van der Waals surface area contributed by atoms with Gasteiger partial charge < -0.3 is 9.80 Å². The van der Waals surface area contributed by atoms with Crippen LogP contribution in [0.4, 0.5) is 10.1 Å². The molecule has 2 aromatic rings. The fourth-order valence-electron chi connectivity index (χ4n) is 3.70. The van der Waals surface area contributed by atoms with Crippen LogP contribution in [-0.4, -0.2) is 23.4 Å². The third-order valence-electron chi connectivity index (χ3n) is 4.78. The Morgan fingerprint density at radius 2 is 1.96 bits per heavy atom. The second-order valence-corrected chi connectivity index (χ2v) is 6.30. The Morgan fingerprint density at radius 1 is 1.13 bits per heavy atom. The van der Waals surface area contributed by atoms with Crippen molar-refractivity contribution in [2.24, 2.45) is 0 Å². The van der Waals surface area contributed by atoms with Gasteiger partial charge in [0.05, 0.1) is 0 Å². The first-order chi connectivity index (χ1) is 11.2. The van der Waals surface area contributed by atoms with Crippen LogP contribution in [0.15, 0.2) is 48.5 Å². The Bertz CT molecular complexity index is 731. The molecule has 0 unspecified atom stereocenters. The van der Waals surface area contributed by atoms with Crippen molar-refractivity contribution < 1.29 is 9.18 Å². The number of hydrogen-bond donors (Lipinski definition) is 0. The molecule has 4 heteroatoms. The first-order valence-electron chi connectivity index (χ1n) is 8.10. The quantitative estimate of drug-likeness (QED) is 0.849. The van der Waals surface area contributed by atoms with Crippen molar-refractivity contribution in [3.63, 3.8) is 0 Å². The van der Waals surface area contributed by atoms with E-state index in [-0.39, 0.29) is 17.8 Å². The lowest BCUT2D eigenvalue weighted by molar-refractivity contribution is -0.133. The molecule has 0 N–H and O–H groups in total. The molecule has 1 atom stereocenters. The molecule has 23 heavy (non-hydrogen) atoms. The Balaban J connectivity index is 1.72. The maximum atomic E-state index is 13.7. The van der Waals surface area contributed by atoms with E-state index in [1.54, 1.807) is 6.07 Å². The van der Waals surface area contributed by atoms with E-state index in [2.05, 4.69) is 4.90 Å². The van der Waals surface area contributed by atoms with Crippen LogP contribution in [0.1, 0.15) is 24.0 Å². The van der Waals surface area contributed by atoms with Crippen molar-refractivity contribution in [2.75, 3.05) is 11.4 Å². The normalized spacial score (nSPS) is 20.2. The highest BCUT2D eigenvalue weighted by atomic mass is 19.1. The van der Waals surface area contributed by atoms with Gasteiger partial charge in [0.25, 0.3) is 0 Å². The lowest BCUT2D eigenvalue weighted by Gasteiger charge is -2.26. The monoisotopic (exact) mass is 310 g/mol. The number of halogens is 1. The van der Waals surface area contributed by atoms with Gasteiger partial charge in [-0.25, -0.2) is 4.39 Å². The molecule has 0 bridgehead atoms. The second kappa shape index (κ2) is 5.69. The molecule has 4 rings (SSSR count). The molecule has 2 aliphatic rings. The minimum Gasteiger partial charge on any atom is -0.359 e. The van der Waals surface area contributed by atoms with Crippen LogP contribution < -0.4 is 4.90 Å². The Morgan fingerprint density at radius 3 is 2.78 bits per heavy atom. The van der Waals surface area contributed by atoms with E-state index in [1.807, 2.05) is 41.3 Å². The number of benzene rings is 2. The summed E-state index contributed by atoms with van der Waals surface area (Å²) in [6, 6.07) is 14.8. The van der Waals surface area contributed by atoms with E-state index in [4.69, 9.17) is 0 Å². The summed E-state index contributed by atoms with van der Waals surface area (Å²) in [6.45, 7) is 1.90. The number of nitrogens with zero attached hydrogens (tertiary/aromatic N) is 2. The van der Waals surface area contributed by atoms with Crippen LogP contribution in [0, 0.1) is 5.82 Å². The average molecular weight is 310 g/mol. The van der Waals surface area contributed by atoms with E-state index in [9.17, 15) is 9.18 Å². The predicted octanol–water partition coefficient (Wildman–Crippen LogP) is 3.34. The van der Waals surface area contributed by atoms with Crippen molar-refractivity contribution in [1.29, 1.82) is 0 Å². The van der Waals surface area contributed by atoms with Gasteiger partial charge in [-0.15, -0.1) is 0 Å². The van der Waals surface area contributed by atoms with E-state index >= 15 is 0 Å². The first-order valence-corrected chi connectivity index (χ1v) is 8.10. The van der Waals surface area contributed by atoms with Crippen LogP contribution in [0.25, 0.3) is 0 Å². The smallest absolute Gasteiger partial charge is 0.245 e. The van der Waals surface area contributed by atoms with Crippen LogP contribution in [0.5, 0.6) is 0 Å². The topological polar surface area (TPSA) is 23.6 Å². The Kier molecular flexibility index (Phi) is 3.52. The third kappa shape index (κ3) is 2.58. The number of rotatable bonds is 2. The van der Waals surface area contributed by atoms with Crippen molar-refractivity contribution in [3.8, 4) is 0 Å². The van der Waals surface area contributed by atoms with Gasteiger partial charge in [0.15, 0.2) is 0 Å². The molecule has 2 aliphatic heterocycles. The predicted molar refractivity (Wildman–Crippen MR) is 87.5 cm³/mol. The van der Waals surface area contributed by atoms with Crippen LogP contribution in [-0.2, 0) is 17.9 Å². The number of amides is 1. The highest BCUT2D eigenvalue weighted by Crippen LogP contribution is 2.34. The molecule has 0 saturated carbocycles. The summed E-state index contributed by atoms with van der Waals surface area (Å²) in [4.78, 5) is 17.0. The summed E-state index contributed by atoms with van der Waals surface area (Å²) in [5.74, 6) is -0.0866. The summed E-state index contributed by atoms with van der Waals surface area (Å²) < 4.78 is 13.7. The summed E-state index contributed by atoms with van der Waals surface area (Å²) in [6.07, 6.45) is 1.88. The summed E-state index contributed by atoms with van der Waals surface area (Å²) in [5, 5.41) is 0. The molecule has 0 aliphatic carbocycles. The zero-order valence-electron chi connectivity index (χ0n) is 12.9. The number of carbonyl (C=O) groups is 1. The summed E-state index contributed by atoms with van der Waals surface area (Å²) >= 11 is 0. The molecule has 1 amide bonds. The van der Waals surface area contributed by atoms with Crippen LogP contribution in [0.3, 0.4) is 0 Å². The summed E-state index contributed by atoms with van der Waals surface area (Å²) in [5.41, 5.74) is 3.02. The van der Waals surface area contributed by atoms with Gasteiger partial charge in [-0.3, -0.25) is 4.79 Å². The van der Waals surface area contributed by atoms with Crippen molar-refractivity contribution >= 4 is 11.6 Å². The molecule has 118 valence electrons. The number of carbonyl (C=O) groups excluding carboxylic acids is 1. The SMILES string of the molecule is O=C1[C@@H]2CCCN2c2ccc(F)cc2CN1Cc1ccccc1. The zero-order valence-corrected chi connectivity index (χ0v) is 12.9. The van der Waals surface area contributed by atoms with Crippen molar-refractivity contribution in [2.45, 2.75) is 32.0 Å². The molecule has 1 fully saturated rings. The molecular formula is C19H19FN2O. The number of hydrogen-bond acceptors (Lipinski definition) is 2. The number of fused-ring (bicyclic) bond motifs is 3. The van der Waals surface area contributed by atoms with Gasteiger partial charge in [0.2, 0.25) is 5.91 Å². The van der Waals surface area contributed by atoms with E-state index in [0.717, 1.165) is 36.2 Å². The maximum absolute atomic E-state index is 13.7. The molecule has 1 saturated heterocycles.